The summed E-state index contributed by atoms with van der Waals surface area (Å²) >= 11 is 5.51. The summed E-state index contributed by atoms with van der Waals surface area (Å²) < 4.78 is 1.10. The van der Waals surface area contributed by atoms with Crippen LogP contribution in [0, 0.1) is 10.7 Å². The summed E-state index contributed by atoms with van der Waals surface area (Å²) in [4.78, 5) is 34.5. The molecule has 6 nitrogen and oxygen atoms in total. The first-order valence-electron chi connectivity index (χ1n) is 5.13. The predicted octanol–water partition coefficient (Wildman–Crippen LogP) is -1.81. The Morgan fingerprint density at radius 2 is 1.67 bits per heavy atom. The zero-order chi connectivity index (χ0) is 15.6. The Hall–Kier alpha value is 0.820. The van der Waals surface area contributed by atoms with Gasteiger partial charge in [0.25, 0.3) is 5.91 Å². The van der Waals surface area contributed by atoms with Gasteiger partial charge < -0.3 is 20.5 Å². The minimum Gasteiger partial charge on any atom is -0.545 e. The maximum atomic E-state index is 11.9. The van der Waals surface area contributed by atoms with Gasteiger partial charge in [-0.1, -0.05) is 0 Å². The van der Waals surface area contributed by atoms with Crippen molar-refractivity contribution in [2.75, 3.05) is 12.4 Å². The van der Waals surface area contributed by atoms with Gasteiger partial charge in [-0.25, -0.2) is 0 Å². The van der Waals surface area contributed by atoms with Crippen LogP contribution in [0.4, 0.5) is 5.69 Å². The van der Waals surface area contributed by atoms with Crippen molar-refractivity contribution >= 4 is 91.2 Å². The second-order valence-corrected chi connectivity index (χ2v) is 6.85. The first-order chi connectivity index (χ1) is 9.22. The molecule has 0 bridgehead atoms. The molecule has 0 heterocycles. The summed E-state index contributed by atoms with van der Waals surface area (Å²) in [5.41, 5.74) is 0.406. The number of carboxylic acids is 1. The van der Waals surface area contributed by atoms with Gasteiger partial charge in [-0.05, 0) is 67.8 Å². The normalized spacial score (nSPS) is 9.57. The number of carboxylic acid groups (broad SMARTS) is 1. The van der Waals surface area contributed by atoms with Gasteiger partial charge in [-0.15, -0.1) is 0 Å². The molecule has 0 aliphatic carbocycles. The Balaban J connectivity index is 0.00000400. The smallest absolute Gasteiger partial charge is 0.545 e. The Morgan fingerprint density at radius 1 is 1.14 bits per heavy atom. The third-order valence-electron chi connectivity index (χ3n) is 2.28. The summed E-state index contributed by atoms with van der Waals surface area (Å²) in [7, 11) is 1.45. The van der Waals surface area contributed by atoms with Crippen molar-refractivity contribution in [3.63, 3.8) is 0 Å². The third kappa shape index (κ3) is 4.89. The Labute approximate surface area is 184 Å². The van der Waals surface area contributed by atoms with Crippen molar-refractivity contribution < 1.29 is 49.0 Å². The second-order valence-electron chi connectivity index (χ2n) is 3.61. The molecule has 0 saturated heterocycles. The van der Waals surface area contributed by atoms with Crippen LogP contribution in [0.15, 0.2) is 0 Å². The molecular formula is C11H8I3N2NaO4. The van der Waals surface area contributed by atoms with Crippen LogP contribution in [-0.4, -0.2) is 24.8 Å². The molecule has 0 unspecified atom stereocenters. The van der Waals surface area contributed by atoms with Crippen LogP contribution >= 0.6 is 67.8 Å². The topological polar surface area (TPSA) is 98.3 Å². The fourth-order valence-electron chi connectivity index (χ4n) is 1.45. The molecule has 0 atom stereocenters. The van der Waals surface area contributed by atoms with Gasteiger partial charge in [-0.3, -0.25) is 9.59 Å². The van der Waals surface area contributed by atoms with Crippen molar-refractivity contribution in [1.29, 1.82) is 0 Å². The van der Waals surface area contributed by atoms with E-state index in [1.165, 1.54) is 14.0 Å². The van der Waals surface area contributed by atoms with Crippen molar-refractivity contribution in [3.05, 3.63) is 21.8 Å². The van der Waals surface area contributed by atoms with Crippen LogP contribution in [0.5, 0.6) is 0 Å². The number of halogens is 3. The van der Waals surface area contributed by atoms with E-state index in [1.807, 2.05) is 45.2 Å². The molecule has 0 radical (unpaired) electrons. The Kier molecular flexibility index (Phi) is 9.56. The second kappa shape index (κ2) is 9.20. The largest absolute Gasteiger partial charge is 1.00 e. The minimum absolute atomic E-state index is 0. The van der Waals surface area contributed by atoms with E-state index in [0.717, 1.165) is 0 Å². The van der Waals surface area contributed by atoms with E-state index in [9.17, 15) is 19.5 Å². The number of rotatable bonds is 3. The molecule has 1 aromatic carbocycles. The van der Waals surface area contributed by atoms with E-state index >= 15 is 0 Å². The Bertz CT molecular complexity index is 622. The first-order valence-corrected chi connectivity index (χ1v) is 8.37. The zero-order valence-corrected chi connectivity index (χ0v) is 19.7. The average molecular weight is 632 g/mol. The molecular weight excluding hydrogens is 624 g/mol. The number of aromatic carboxylic acids is 1. The molecule has 10 heteroatoms. The summed E-state index contributed by atoms with van der Waals surface area (Å²) in [5, 5.41) is 16.3. The molecule has 0 spiro atoms. The predicted molar refractivity (Wildman–Crippen MR) is 96.6 cm³/mol. The summed E-state index contributed by atoms with van der Waals surface area (Å²) in [6.45, 7) is 1.31. The van der Waals surface area contributed by atoms with Crippen molar-refractivity contribution in [2.45, 2.75) is 6.92 Å². The number of carbonyl (C=O) groups is 3. The average Bonchev–Trinajstić information content (AvgIpc) is 2.33. The van der Waals surface area contributed by atoms with Gasteiger partial charge in [0.05, 0.1) is 20.8 Å². The van der Waals surface area contributed by atoms with Crippen LogP contribution in [-0.2, 0) is 4.79 Å². The molecule has 108 valence electrons. The molecule has 2 N–H and O–H groups in total. The van der Waals surface area contributed by atoms with E-state index in [2.05, 4.69) is 10.6 Å². The number of hydrogen-bond acceptors (Lipinski definition) is 4. The molecule has 0 fully saturated rings. The zero-order valence-electron chi connectivity index (χ0n) is 11.3. The van der Waals surface area contributed by atoms with Gasteiger partial charge in [0.1, 0.15) is 0 Å². The van der Waals surface area contributed by atoms with Gasteiger partial charge in [0.15, 0.2) is 0 Å². The third-order valence-corrected chi connectivity index (χ3v) is 5.51. The quantitative estimate of drug-likeness (QED) is 0.304. The summed E-state index contributed by atoms with van der Waals surface area (Å²) in [5.74, 6) is -2.18. The minimum atomic E-state index is -1.40. The van der Waals surface area contributed by atoms with Gasteiger partial charge in [-0.2, -0.15) is 0 Å². The molecule has 0 aromatic heterocycles. The van der Waals surface area contributed by atoms with Crippen LogP contribution < -0.4 is 45.3 Å². The van der Waals surface area contributed by atoms with Crippen LogP contribution in [0.25, 0.3) is 0 Å². The number of nitrogens with one attached hydrogen (secondary N) is 2. The van der Waals surface area contributed by atoms with E-state index in [0.29, 0.717) is 12.8 Å². The standard InChI is InChI=1S/C11H9I3N2O4.Na/c1-3(17)16-9-7(13)4(10(18)15-2)6(12)5(8(9)14)11(19)20;/h1-2H3,(H,15,18)(H,16,17)(H,19,20);/q;+1/p-1/i12-2,14-2;. The van der Waals surface area contributed by atoms with Gasteiger partial charge in [0, 0.05) is 26.7 Å². The van der Waals surface area contributed by atoms with Crippen molar-refractivity contribution in [1.82, 2.24) is 5.32 Å². The number of hydrogen-bond donors (Lipinski definition) is 2. The summed E-state index contributed by atoms with van der Waals surface area (Å²) in [6.07, 6.45) is 0. The maximum Gasteiger partial charge on any atom is 1.00 e. The van der Waals surface area contributed by atoms with E-state index in [-0.39, 0.29) is 50.2 Å². The fraction of sp³-hybridized carbons (Fsp3) is 0.182. The molecule has 2 amide bonds. The van der Waals surface area contributed by atoms with Crippen LogP contribution in [0.1, 0.15) is 27.6 Å². The molecule has 0 saturated carbocycles. The fourth-order valence-corrected chi connectivity index (χ4v) is 5.82. The SMILES string of the molecule is CNC(=O)c1c(I)c(NC(C)=O)c([125I])c(C(=O)[O-])c1[125I].[Na+]. The van der Waals surface area contributed by atoms with Crippen LogP contribution in [0.3, 0.4) is 0 Å². The van der Waals surface area contributed by atoms with Crippen LogP contribution in [0.2, 0.25) is 0 Å². The number of amides is 2. The number of benzene rings is 1. The molecule has 0 aliphatic heterocycles. The number of anilines is 1. The van der Waals surface area contributed by atoms with E-state index in [1.54, 1.807) is 22.6 Å². The van der Waals surface area contributed by atoms with Gasteiger partial charge in [0.2, 0.25) is 5.91 Å². The van der Waals surface area contributed by atoms with E-state index in [4.69, 9.17) is 0 Å². The van der Waals surface area contributed by atoms with E-state index < -0.39 is 11.9 Å². The molecule has 1 aromatic rings. The van der Waals surface area contributed by atoms with Gasteiger partial charge >= 0.3 is 29.6 Å². The first kappa shape index (κ1) is 21.8. The summed E-state index contributed by atoms with van der Waals surface area (Å²) in [6, 6.07) is 0. The maximum absolute atomic E-state index is 11.9. The van der Waals surface area contributed by atoms with Crippen molar-refractivity contribution in [2.24, 2.45) is 0 Å². The number of carbonyl (C=O) groups excluding carboxylic acids is 3. The van der Waals surface area contributed by atoms with Crippen molar-refractivity contribution in [3.8, 4) is 0 Å². The molecule has 1 rings (SSSR count). The molecule has 21 heavy (non-hydrogen) atoms. The molecule has 0 aliphatic rings. The monoisotopic (exact) mass is 632 g/mol. The Morgan fingerprint density at radius 3 is 2.05 bits per heavy atom.